The van der Waals surface area contributed by atoms with E-state index in [1.807, 2.05) is 25.2 Å². The van der Waals surface area contributed by atoms with Gasteiger partial charge in [-0.2, -0.15) is 0 Å². The van der Waals surface area contributed by atoms with Gasteiger partial charge in [0.2, 0.25) is 5.91 Å². The number of amides is 1. The van der Waals surface area contributed by atoms with E-state index in [1.54, 1.807) is 29.8 Å². The predicted molar refractivity (Wildman–Crippen MR) is 109 cm³/mol. The molecule has 3 rings (SSSR count). The van der Waals surface area contributed by atoms with Crippen LogP contribution in [0.3, 0.4) is 0 Å². The van der Waals surface area contributed by atoms with Gasteiger partial charge in [-0.3, -0.25) is 14.9 Å². The van der Waals surface area contributed by atoms with Crippen LogP contribution in [0.1, 0.15) is 0 Å². The third kappa shape index (κ3) is 4.15. The Hall–Kier alpha value is -2.91. The van der Waals surface area contributed by atoms with Crippen LogP contribution >= 0.6 is 23.4 Å². The molecule has 0 fully saturated rings. The topological polar surface area (TPSA) is 94.2 Å². The second-order valence-corrected chi connectivity index (χ2v) is 7.21. The Morgan fingerprint density at radius 2 is 1.89 bits per heavy atom. The molecule has 0 saturated heterocycles. The number of thioether (sulfide) groups is 1. The summed E-state index contributed by atoms with van der Waals surface area (Å²) in [6, 6.07) is 13.2. The molecule has 0 bridgehead atoms. The molecule has 0 aliphatic carbocycles. The van der Waals surface area contributed by atoms with E-state index in [-0.39, 0.29) is 17.3 Å². The number of nitro benzene ring substituents is 1. The molecule has 1 amide bonds. The lowest BCUT2D eigenvalue weighted by molar-refractivity contribution is -0.384. The number of benzene rings is 2. The number of halogens is 1. The van der Waals surface area contributed by atoms with E-state index < -0.39 is 4.92 Å². The molecule has 0 spiro atoms. The van der Waals surface area contributed by atoms with Crippen molar-refractivity contribution in [1.82, 2.24) is 14.8 Å². The van der Waals surface area contributed by atoms with Gasteiger partial charge >= 0.3 is 0 Å². The zero-order valence-electron chi connectivity index (χ0n) is 15.1. The first-order valence-corrected chi connectivity index (χ1v) is 9.53. The van der Waals surface area contributed by atoms with E-state index in [0.717, 1.165) is 5.56 Å². The highest BCUT2D eigenvalue weighted by atomic mass is 35.5. The standard InChI is InChI=1S/C18H16ClN5O3S/c1-22(12-7-9-13(10-8-12)24(26)27)16(25)11-28-18-21-20-17(23(18)2)14-5-3-4-6-15(14)19/h3-10H,11H2,1-2H3. The minimum atomic E-state index is -0.480. The van der Waals surface area contributed by atoms with Crippen LogP contribution in [0, 0.1) is 10.1 Å². The Morgan fingerprint density at radius 3 is 2.54 bits per heavy atom. The SMILES string of the molecule is CN(C(=O)CSc1nnc(-c2ccccc2Cl)n1C)c1ccc([N+](=O)[O-])cc1. The van der Waals surface area contributed by atoms with Gasteiger partial charge in [-0.05, 0) is 24.3 Å². The molecule has 144 valence electrons. The minimum absolute atomic E-state index is 0.0230. The molecule has 0 radical (unpaired) electrons. The molecule has 0 unspecified atom stereocenters. The smallest absolute Gasteiger partial charge is 0.269 e. The van der Waals surface area contributed by atoms with Crippen molar-refractivity contribution in [2.24, 2.45) is 7.05 Å². The van der Waals surface area contributed by atoms with Crippen molar-refractivity contribution in [1.29, 1.82) is 0 Å². The van der Waals surface area contributed by atoms with E-state index in [1.165, 1.54) is 28.8 Å². The molecule has 10 heteroatoms. The molecule has 1 aromatic heterocycles. The fourth-order valence-corrected chi connectivity index (χ4v) is 3.53. The second-order valence-electron chi connectivity index (χ2n) is 5.86. The summed E-state index contributed by atoms with van der Waals surface area (Å²) >= 11 is 7.47. The van der Waals surface area contributed by atoms with E-state index in [0.29, 0.717) is 21.7 Å². The fourth-order valence-electron chi connectivity index (χ4n) is 2.48. The molecule has 28 heavy (non-hydrogen) atoms. The normalized spacial score (nSPS) is 10.7. The zero-order chi connectivity index (χ0) is 20.3. The Kier molecular flexibility index (Phi) is 5.96. The van der Waals surface area contributed by atoms with Crippen molar-refractivity contribution in [3.05, 3.63) is 63.7 Å². The summed E-state index contributed by atoms with van der Waals surface area (Å²) in [5, 5.41) is 20.2. The lowest BCUT2D eigenvalue weighted by Gasteiger charge is -2.16. The maximum Gasteiger partial charge on any atom is 0.269 e. The number of rotatable bonds is 6. The third-order valence-electron chi connectivity index (χ3n) is 4.10. The minimum Gasteiger partial charge on any atom is -0.315 e. The molecular formula is C18H16ClN5O3S. The number of hydrogen-bond acceptors (Lipinski definition) is 6. The largest absolute Gasteiger partial charge is 0.315 e. The number of carbonyl (C=O) groups is 1. The lowest BCUT2D eigenvalue weighted by Crippen LogP contribution is -2.28. The maximum absolute atomic E-state index is 12.5. The molecule has 0 aliphatic heterocycles. The average Bonchev–Trinajstić information content (AvgIpc) is 3.06. The fraction of sp³-hybridized carbons (Fsp3) is 0.167. The summed E-state index contributed by atoms with van der Waals surface area (Å²) in [6.45, 7) is 0. The summed E-state index contributed by atoms with van der Waals surface area (Å²) in [6.07, 6.45) is 0. The Labute approximate surface area is 170 Å². The van der Waals surface area contributed by atoms with Crippen LogP contribution in [0.5, 0.6) is 0 Å². The van der Waals surface area contributed by atoms with Gasteiger partial charge in [0.15, 0.2) is 11.0 Å². The number of anilines is 1. The third-order valence-corrected chi connectivity index (χ3v) is 5.43. The first-order valence-electron chi connectivity index (χ1n) is 8.16. The van der Waals surface area contributed by atoms with Gasteiger partial charge in [-0.25, -0.2) is 0 Å². The van der Waals surface area contributed by atoms with Gasteiger partial charge in [-0.1, -0.05) is 35.5 Å². The molecule has 3 aromatic rings. The van der Waals surface area contributed by atoms with Crippen LogP contribution in [0.2, 0.25) is 5.02 Å². The van der Waals surface area contributed by atoms with Crippen molar-refractivity contribution in [3.8, 4) is 11.4 Å². The van der Waals surface area contributed by atoms with Crippen LogP contribution < -0.4 is 4.90 Å². The summed E-state index contributed by atoms with van der Waals surface area (Å²) in [5.41, 5.74) is 1.32. The van der Waals surface area contributed by atoms with Crippen molar-refractivity contribution in [3.63, 3.8) is 0 Å². The molecule has 2 aromatic carbocycles. The Balaban J connectivity index is 1.68. The van der Waals surface area contributed by atoms with E-state index >= 15 is 0 Å². The van der Waals surface area contributed by atoms with Gasteiger partial charge in [0.1, 0.15) is 0 Å². The first kappa shape index (κ1) is 19.8. The second kappa shape index (κ2) is 8.41. The van der Waals surface area contributed by atoms with Crippen molar-refractivity contribution < 1.29 is 9.72 Å². The summed E-state index contributed by atoms with van der Waals surface area (Å²) in [4.78, 5) is 24.2. The number of hydrogen-bond donors (Lipinski definition) is 0. The van der Waals surface area contributed by atoms with Crippen molar-refractivity contribution in [2.75, 3.05) is 17.7 Å². The summed E-state index contributed by atoms with van der Waals surface area (Å²) in [5.74, 6) is 0.590. The number of carbonyl (C=O) groups excluding carboxylic acids is 1. The van der Waals surface area contributed by atoms with Crippen LogP contribution in [0.15, 0.2) is 53.7 Å². The highest BCUT2D eigenvalue weighted by molar-refractivity contribution is 7.99. The summed E-state index contributed by atoms with van der Waals surface area (Å²) < 4.78 is 1.78. The number of nitro groups is 1. The van der Waals surface area contributed by atoms with Crippen LogP contribution in [-0.4, -0.2) is 38.4 Å². The average molecular weight is 418 g/mol. The quantitative estimate of drug-likeness (QED) is 0.344. The van der Waals surface area contributed by atoms with Gasteiger partial charge < -0.3 is 9.47 Å². The van der Waals surface area contributed by atoms with E-state index in [4.69, 9.17) is 11.6 Å². The number of non-ortho nitro benzene ring substituents is 1. The van der Waals surface area contributed by atoms with Gasteiger partial charge in [-0.15, -0.1) is 10.2 Å². The highest BCUT2D eigenvalue weighted by Crippen LogP contribution is 2.28. The zero-order valence-corrected chi connectivity index (χ0v) is 16.6. The van der Waals surface area contributed by atoms with E-state index in [2.05, 4.69) is 10.2 Å². The summed E-state index contributed by atoms with van der Waals surface area (Å²) in [7, 11) is 3.43. The van der Waals surface area contributed by atoms with Crippen LogP contribution in [0.4, 0.5) is 11.4 Å². The van der Waals surface area contributed by atoms with Crippen molar-refractivity contribution >= 4 is 40.6 Å². The van der Waals surface area contributed by atoms with Gasteiger partial charge in [0.05, 0.1) is 15.7 Å². The Bertz CT molecular complexity index is 1020. The predicted octanol–water partition coefficient (Wildman–Crippen LogP) is 3.80. The molecule has 8 nitrogen and oxygen atoms in total. The number of aromatic nitrogens is 3. The molecule has 0 saturated carbocycles. The Morgan fingerprint density at radius 1 is 1.21 bits per heavy atom. The molecule has 1 heterocycles. The van der Waals surface area contributed by atoms with Crippen LogP contribution in [-0.2, 0) is 11.8 Å². The highest BCUT2D eigenvalue weighted by Gasteiger charge is 2.17. The monoisotopic (exact) mass is 417 g/mol. The van der Waals surface area contributed by atoms with Crippen molar-refractivity contribution in [2.45, 2.75) is 5.16 Å². The van der Waals surface area contributed by atoms with Crippen LogP contribution in [0.25, 0.3) is 11.4 Å². The van der Waals surface area contributed by atoms with Gasteiger partial charge in [0, 0.05) is 37.5 Å². The molecule has 0 atom stereocenters. The van der Waals surface area contributed by atoms with Gasteiger partial charge in [0.25, 0.3) is 5.69 Å². The maximum atomic E-state index is 12.5. The van der Waals surface area contributed by atoms with E-state index in [9.17, 15) is 14.9 Å². The first-order chi connectivity index (χ1) is 13.4. The lowest BCUT2D eigenvalue weighted by atomic mass is 10.2. The number of nitrogens with zero attached hydrogens (tertiary/aromatic N) is 5. The molecule has 0 N–H and O–H groups in total. The molecular weight excluding hydrogens is 402 g/mol. The molecule has 0 aliphatic rings.